The highest BCUT2D eigenvalue weighted by atomic mass is 16.6. The largest absolute Gasteiger partial charge is 0.454 e. The van der Waals surface area contributed by atoms with Crippen molar-refractivity contribution in [1.82, 2.24) is 0 Å². The molecular formula is C15H26O2. The quantitative estimate of drug-likeness (QED) is 0.546. The Labute approximate surface area is 105 Å². The molecule has 1 aliphatic rings. The molecule has 98 valence electrons. The summed E-state index contributed by atoms with van der Waals surface area (Å²) in [5.74, 6) is -0.105. The van der Waals surface area contributed by atoms with Crippen molar-refractivity contribution in [2.45, 2.75) is 65.9 Å². The number of carbonyl (C=O) groups excluding carboxylic acids is 1. The molecule has 0 aliphatic heterocycles. The summed E-state index contributed by atoms with van der Waals surface area (Å²) in [5, 5.41) is 0. The van der Waals surface area contributed by atoms with E-state index in [1.54, 1.807) is 0 Å². The van der Waals surface area contributed by atoms with Crippen LogP contribution in [0.3, 0.4) is 0 Å². The van der Waals surface area contributed by atoms with Crippen LogP contribution in [-0.4, -0.2) is 11.6 Å². The van der Waals surface area contributed by atoms with Crippen molar-refractivity contribution >= 4 is 5.97 Å². The van der Waals surface area contributed by atoms with Gasteiger partial charge < -0.3 is 4.74 Å². The molecule has 0 aromatic rings. The van der Waals surface area contributed by atoms with Gasteiger partial charge in [-0.25, -0.2) is 0 Å². The van der Waals surface area contributed by atoms with Crippen LogP contribution >= 0.6 is 0 Å². The van der Waals surface area contributed by atoms with Crippen LogP contribution in [0.15, 0.2) is 12.7 Å². The summed E-state index contributed by atoms with van der Waals surface area (Å²) in [7, 11) is 0. The van der Waals surface area contributed by atoms with Gasteiger partial charge in [0.15, 0.2) is 0 Å². The lowest BCUT2D eigenvalue weighted by atomic mass is 9.69. The molecule has 17 heavy (non-hydrogen) atoms. The number of rotatable bonds is 3. The number of hydrogen-bond donors (Lipinski definition) is 0. The van der Waals surface area contributed by atoms with E-state index >= 15 is 0 Å². The molecule has 0 unspecified atom stereocenters. The molecule has 1 fully saturated rings. The zero-order chi connectivity index (χ0) is 13.3. The predicted octanol–water partition coefficient (Wildman–Crippen LogP) is 4.10. The Kier molecular flexibility index (Phi) is 3.75. The summed E-state index contributed by atoms with van der Waals surface area (Å²) < 4.78 is 5.78. The van der Waals surface area contributed by atoms with Gasteiger partial charge >= 0.3 is 5.97 Å². The van der Waals surface area contributed by atoms with Gasteiger partial charge in [0.25, 0.3) is 0 Å². The minimum atomic E-state index is -0.481. The van der Waals surface area contributed by atoms with Gasteiger partial charge in [0.1, 0.15) is 5.60 Å². The van der Waals surface area contributed by atoms with Crippen LogP contribution in [0.5, 0.6) is 0 Å². The fourth-order valence-electron chi connectivity index (χ4n) is 1.94. The minimum absolute atomic E-state index is 0.105. The SMILES string of the molecule is C=CC1(OC(=O)C(C)(C)C(C)(C)C)CCCC1. The number of ether oxygens (including phenoxy) is 1. The summed E-state index contributed by atoms with van der Waals surface area (Å²) >= 11 is 0. The summed E-state index contributed by atoms with van der Waals surface area (Å²) in [5.41, 5.74) is -0.990. The van der Waals surface area contributed by atoms with E-state index in [2.05, 4.69) is 27.4 Å². The lowest BCUT2D eigenvalue weighted by molar-refractivity contribution is -0.171. The number of hydrogen-bond acceptors (Lipinski definition) is 2. The third kappa shape index (κ3) is 2.72. The van der Waals surface area contributed by atoms with E-state index < -0.39 is 11.0 Å². The van der Waals surface area contributed by atoms with Gasteiger partial charge in [-0.2, -0.15) is 0 Å². The van der Waals surface area contributed by atoms with Crippen molar-refractivity contribution < 1.29 is 9.53 Å². The zero-order valence-electron chi connectivity index (χ0n) is 11.9. The van der Waals surface area contributed by atoms with Crippen LogP contribution in [0.1, 0.15) is 60.3 Å². The molecule has 0 radical (unpaired) electrons. The molecule has 0 amide bonds. The first-order valence-electron chi connectivity index (χ1n) is 6.52. The van der Waals surface area contributed by atoms with Gasteiger partial charge in [0, 0.05) is 0 Å². The summed E-state index contributed by atoms with van der Waals surface area (Å²) in [4.78, 5) is 12.4. The molecule has 0 bridgehead atoms. The highest BCUT2D eigenvalue weighted by Crippen LogP contribution is 2.42. The number of carbonyl (C=O) groups is 1. The Morgan fingerprint density at radius 3 is 2.00 bits per heavy atom. The Morgan fingerprint density at radius 2 is 1.65 bits per heavy atom. The monoisotopic (exact) mass is 238 g/mol. The molecule has 2 heteroatoms. The van der Waals surface area contributed by atoms with Crippen molar-refractivity contribution in [2.75, 3.05) is 0 Å². The topological polar surface area (TPSA) is 26.3 Å². The normalized spacial score (nSPS) is 20.1. The van der Waals surface area contributed by atoms with E-state index in [0.29, 0.717) is 0 Å². The molecule has 0 aromatic heterocycles. The summed E-state index contributed by atoms with van der Waals surface area (Å²) in [6, 6.07) is 0. The minimum Gasteiger partial charge on any atom is -0.454 e. The molecule has 1 saturated carbocycles. The Hall–Kier alpha value is -0.790. The van der Waals surface area contributed by atoms with Crippen LogP contribution in [0.25, 0.3) is 0 Å². The van der Waals surface area contributed by atoms with Crippen LogP contribution in [-0.2, 0) is 9.53 Å². The van der Waals surface area contributed by atoms with Gasteiger partial charge in [-0.1, -0.05) is 27.4 Å². The van der Waals surface area contributed by atoms with Crippen molar-refractivity contribution in [3.05, 3.63) is 12.7 Å². The maximum absolute atomic E-state index is 12.4. The van der Waals surface area contributed by atoms with E-state index in [1.807, 2.05) is 19.9 Å². The maximum atomic E-state index is 12.4. The molecule has 0 atom stereocenters. The second-order valence-electron chi connectivity index (χ2n) is 6.74. The van der Waals surface area contributed by atoms with Gasteiger partial charge in [-0.15, -0.1) is 0 Å². The third-order valence-corrected chi connectivity index (χ3v) is 4.50. The second-order valence-corrected chi connectivity index (χ2v) is 6.74. The lowest BCUT2D eigenvalue weighted by Gasteiger charge is -2.39. The van der Waals surface area contributed by atoms with E-state index in [0.717, 1.165) is 25.7 Å². The second kappa shape index (κ2) is 4.47. The predicted molar refractivity (Wildman–Crippen MR) is 70.7 cm³/mol. The van der Waals surface area contributed by atoms with Gasteiger partial charge in [0.05, 0.1) is 5.41 Å². The van der Waals surface area contributed by atoms with Crippen LogP contribution in [0.4, 0.5) is 0 Å². The molecule has 0 heterocycles. The van der Waals surface area contributed by atoms with Crippen molar-refractivity contribution in [2.24, 2.45) is 10.8 Å². The standard InChI is InChI=1S/C15H26O2/c1-7-15(10-8-9-11-15)17-12(16)14(5,6)13(2,3)4/h7H,1,8-11H2,2-6H3. The smallest absolute Gasteiger partial charge is 0.312 e. The van der Waals surface area contributed by atoms with Crippen molar-refractivity contribution in [3.63, 3.8) is 0 Å². The fraction of sp³-hybridized carbons (Fsp3) is 0.800. The first-order valence-corrected chi connectivity index (χ1v) is 6.52. The molecule has 2 nitrogen and oxygen atoms in total. The van der Waals surface area contributed by atoms with E-state index in [1.165, 1.54) is 0 Å². The van der Waals surface area contributed by atoms with E-state index in [9.17, 15) is 4.79 Å². The zero-order valence-corrected chi connectivity index (χ0v) is 11.9. The summed E-state index contributed by atoms with van der Waals surface area (Å²) in [6.07, 6.45) is 5.89. The third-order valence-electron chi connectivity index (χ3n) is 4.50. The Balaban J connectivity index is 2.82. The highest BCUT2D eigenvalue weighted by Gasteiger charge is 2.45. The van der Waals surface area contributed by atoms with Crippen LogP contribution in [0, 0.1) is 10.8 Å². The molecular weight excluding hydrogens is 212 g/mol. The van der Waals surface area contributed by atoms with Crippen LogP contribution < -0.4 is 0 Å². The fourth-order valence-corrected chi connectivity index (χ4v) is 1.94. The molecule has 1 rings (SSSR count). The first-order chi connectivity index (χ1) is 7.65. The molecule has 0 spiro atoms. The van der Waals surface area contributed by atoms with Crippen molar-refractivity contribution in [1.29, 1.82) is 0 Å². The van der Waals surface area contributed by atoms with Gasteiger partial charge in [-0.3, -0.25) is 4.79 Å². The van der Waals surface area contributed by atoms with Gasteiger partial charge in [-0.05, 0) is 51.0 Å². The Bertz CT molecular complexity index is 301. The molecule has 0 aromatic carbocycles. The lowest BCUT2D eigenvalue weighted by Crippen LogP contribution is -2.43. The van der Waals surface area contributed by atoms with E-state index in [4.69, 9.17) is 4.74 Å². The average molecular weight is 238 g/mol. The van der Waals surface area contributed by atoms with Gasteiger partial charge in [0.2, 0.25) is 0 Å². The molecule has 0 saturated heterocycles. The van der Waals surface area contributed by atoms with Crippen LogP contribution in [0.2, 0.25) is 0 Å². The average Bonchev–Trinajstić information content (AvgIpc) is 2.65. The summed E-state index contributed by atoms with van der Waals surface area (Å²) in [6.45, 7) is 14.0. The Morgan fingerprint density at radius 1 is 1.18 bits per heavy atom. The highest BCUT2D eigenvalue weighted by molar-refractivity contribution is 5.77. The number of esters is 1. The first kappa shape index (κ1) is 14.3. The maximum Gasteiger partial charge on any atom is 0.312 e. The molecule has 0 N–H and O–H groups in total. The molecule has 1 aliphatic carbocycles. The van der Waals surface area contributed by atoms with Crippen molar-refractivity contribution in [3.8, 4) is 0 Å². The van der Waals surface area contributed by atoms with E-state index in [-0.39, 0.29) is 11.4 Å².